The second kappa shape index (κ2) is 9.04. The number of nitrogens with zero attached hydrogens (tertiary/aromatic N) is 1. The van der Waals surface area contributed by atoms with Crippen LogP contribution in [0, 0.1) is 10.1 Å². The number of halogens is 1. The van der Waals surface area contributed by atoms with Crippen molar-refractivity contribution < 1.29 is 28.0 Å². The van der Waals surface area contributed by atoms with E-state index in [0.29, 0.717) is 0 Å². The summed E-state index contributed by atoms with van der Waals surface area (Å²) in [6.07, 6.45) is 0. The number of amides is 1. The Morgan fingerprint density at radius 1 is 0.938 bits per heavy atom. The summed E-state index contributed by atoms with van der Waals surface area (Å²) in [4.78, 5) is 33.4. The van der Waals surface area contributed by atoms with Gasteiger partial charge in [0.1, 0.15) is 0 Å². The maximum atomic E-state index is 12.7. The lowest BCUT2D eigenvalue weighted by atomic mass is 10.2. The van der Waals surface area contributed by atoms with Gasteiger partial charge in [0.15, 0.2) is 0 Å². The first-order chi connectivity index (χ1) is 15.1. The van der Waals surface area contributed by atoms with Crippen LogP contribution in [0.1, 0.15) is 20.7 Å². The summed E-state index contributed by atoms with van der Waals surface area (Å²) in [6, 6.07) is 13.5. The quantitative estimate of drug-likeness (QED) is 0.393. The minimum Gasteiger partial charge on any atom is -0.545 e. The fourth-order valence-electron chi connectivity index (χ4n) is 2.63. The number of carboxylic acids is 1. The van der Waals surface area contributed by atoms with Crippen LogP contribution < -0.4 is 15.1 Å². The molecular formula is C20H13ClN3O7S-. The van der Waals surface area contributed by atoms with Gasteiger partial charge in [0.2, 0.25) is 0 Å². The molecule has 0 aliphatic heterocycles. The highest BCUT2D eigenvalue weighted by atomic mass is 35.5. The molecule has 0 heterocycles. The number of carbonyl (C=O) groups excluding carboxylic acids is 2. The number of non-ortho nitro benzene ring substituents is 1. The van der Waals surface area contributed by atoms with Gasteiger partial charge in [0.05, 0.1) is 26.4 Å². The summed E-state index contributed by atoms with van der Waals surface area (Å²) in [5, 5.41) is 24.1. The lowest BCUT2D eigenvalue weighted by Crippen LogP contribution is -2.22. The lowest BCUT2D eigenvalue weighted by molar-refractivity contribution is -0.384. The summed E-state index contributed by atoms with van der Waals surface area (Å²) in [5.74, 6) is -2.18. The number of benzene rings is 3. The summed E-state index contributed by atoms with van der Waals surface area (Å²) in [5.41, 5.74) is -0.320. The third-order valence-corrected chi connectivity index (χ3v) is 5.89. The molecule has 32 heavy (non-hydrogen) atoms. The number of anilines is 2. The van der Waals surface area contributed by atoms with Gasteiger partial charge in [-0.3, -0.25) is 19.6 Å². The first-order valence-electron chi connectivity index (χ1n) is 8.76. The molecule has 12 heteroatoms. The minimum atomic E-state index is -4.15. The van der Waals surface area contributed by atoms with Gasteiger partial charge < -0.3 is 15.2 Å². The van der Waals surface area contributed by atoms with E-state index < -0.39 is 26.8 Å². The first kappa shape index (κ1) is 22.7. The molecule has 0 saturated carbocycles. The molecule has 0 fully saturated rings. The Morgan fingerprint density at radius 2 is 1.62 bits per heavy atom. The topological polar surface area (TPSA) is 159 Å². The van der Waals surface area contributed by atoms with E-state index in [9.17, 15) is 33.2 Å². The molecule has 2 N–H and O–H groups in total. The molecule has 0 atom stereocenters. The Balaban J connectivity index is 1.85. The van der Waals surface area contributed by atoms with E-state index in [1.54, 1.807) is 0 Å². The SMILES string of the molecule is O=C([O-])c1ccc(NS(=O)(=O)c2ccc(Cl)c(C(=O)Nc3cccc([N+](=O)[O-])c3)c2)cc1. The van der Waals surface area contributed by atoms with Crippen LogP contribution in [0.4, 0.5) is 17.1 Å². The number of hydrogen-bond acceptors (Lipinski definition) is 7. The molecule has 0 bridgehead atoms. The van der Waals surface area contributed by atoms with E-state index in [0.717, 1.165) is 12.1 Å². The van der Waals surface area contributed by atoms with Gasteiger partial charge >= 0.3 is 0 Å². The predicted molar refractivity (Wildman–Crippen MR) is 114 cm³/mol. The van der Waals surface area contributed by atoms with Crippen molar-refractivity contribution in [1.29, 1.82) is 0 Å². The molecule has 0 spiro atoms. The Labute approximate surface area is 186 Å². The van der Waals surface area contributed by atoms with Gasteiger partial charge in [-0.15, -0.1) is 0 Å². The fraction of sp³-hybridized carbons (Fsp3) is 0. The highest BCUT2D eigenvalue weighted by Crippen LogP contribution is 2.25. The van der Waals surface area contributed by atoms with E-state index in [1.165, 1.54) is 54.6 Å². The second-order valence-corrected chi connectivity index (χ2v) is 8.46. The van der Waals surface area contributed by atoms with Gasteiger partial charge in [0, 0.05) is 23.5 Å². The molecule has 3 rings (SSSR count). The molecule has 3 aromatic carbocycles. The van der Waals surface area contributed by atoms with Gasteiger partial charge in [-0.25, -0.2) is 8.42 Å². The van der Waals surface area contributed by atoms with Crippen molar-refractivity contribution in [1.82, 2.24) is 0 Å². The third kappa shape index (κ3) is 5.20. The van der Waals surface area contributed by atoms with Crippen molar-refractivity contribution in [2.45, 2.75) is 4.90 Å². The number of rotatable bonds is 7. The van der Waals surface area contributed by atoms with E-state index >= 15 is 0 Å². The number of nitro benzene ring substituents is 1. The largest absolute Gasteiger partial charge is 0.545 e. The van der Waals surface area contributed by atoms with E-state index in [2.05, 4.69) is 10.0 Å². The average Bonchev–Trinajstić information content (AvgIpc) is 2.74. The fourth-order valence-corrected chi connectivity index (χ4v) is 3.92. The Bertz CT molecular complexity index is 1330. The van der Waals surface area contributed by atoms with Crippen molar-refractivity contribution in [2.75, 3.05) is 10.0 Å². The van der Waals surface area contributed by atoms with Crippen LogP contribution in [0.25, 0.3) is 0 Å². The van der Waals surface area contributed by atoms with Crippen molar-refractivity contribution in [3.63, 3.8) is 0 Å². The van der Waals surface area contributed by atoms with Crippen molar-refractivity contribution in [3.05, 3.63) is 93.0 Å². The molecule has 0 unspecified atom stereocenters. The molecular weight excluding hydrogens is 462 g/mol. The Kier molecular flexibility index (Phi) is 6.42. The van der Waals surface area contributed by atoms with Gasteiger partial charge in [-0.05, 0) is 42.0 Å². The second-order valence-electron chi connectivity index (χ2n) is 6.37. The third-order valence-electron chi connectivity index (χ3n) is 4.18. The maximum Gasteiger partial charge on any atom is 0.271 e. The van der Waals surface area contributed by atoms with Gasteiger partial charge in [0.25, 0.3) is 21.6 Å². The van der Waals surface area contributed by atoms with E-state index in [4.69, 9.17) is 11.6 Å². The van der Waals surface area contributed by atoms with E-state index in [-0.39, 0.29) is 38.1 Å². The van der Waals surface area contributed by atoms with Gasteiger partial charge in [-0.2, -0.15) is 0 Å². The Morgan fingerprint density at radius 3 is 2.25 bits per heavy atom. The maximum absolute atomic E-state index is 12.7. The molecule has 10 nitrogen and oxygen atoms in total. The number of aromatic carboxylic acids is 1. The molecule has 0 aromatic heterocycles. The molecule has 3 aromatic rings. The van der Waals surface area contributed by atoms with Crippen LogP contribution in [0.3, 0.4) is 0 Å². The van der Waals surface area contributed by atoms with Crippen LogP contribution in [-0.2, 0) is 10.0 Å². The zero-order chi connectivity index (χ0) is 23.5. The summed E-state index contributed by atoms with van der Waals surface area (Å²) in [6.45, 7) is 0. The number of carbonyl (C=O) groups is 2. The standard InChI is InChI=1S/C20H14ClN3O7S/c21-18-9-8-16(32(30,31)23-13-6-4-12(5-7-13)20(26)27)11-17(18)19(25)22-14-2-1-3-15(10-14)24(28)29/h1-11,23H,(H,22,25)(H,26,27)/p-1. The normalized spacial score (nSPS) is 10.9. The van der Waals surface area contributed by atoms with Crippen LogP contribution in [0.2, 0.25) is 5.02 Å². The molecule has 0 aliphatic rings. The highest BCUT2D eigenvalue weighted by molar-refractivity contribution is 7.92. The van der Waals surface area contributed by atoms with Crippen LogP contribution in [0.15, 0.2) is 71.6 Å². The summed E-state index contributed by atoms with van der Waals surface area (Å²) >= 11 is 6.05. The number of sulfonamides is 1. The molecule has 164 valence electrons. The monoisotopic (exact) mass is 474 g/mol. The number of carboxylic acid groups (broad SMARTS) is 1. The van der Waals surface area contributed by atoms with Crippen LogP contribution in [-0.4, -0.2) is 25.2 Å². The smallest absolute Gasteiger partial charge is 0.271 e. The molecule has 1 amide bonds. The van der Waals surface area contributed by atoms with Crippen LogP contribution in [0.5, 0.6) is 0 Å². The number of nitro groups is 1. The minimum absolute atomic E-state index is 0.0369. The summed E-state index contributed by atoms with van der Waals surface area (Å²) < 4.78 is 27.7. The molecule has 0 saturated heterocycles. The zero-order valence-corrected chi connectivity index (χ0v) is 17.5. The Hall–Kier alpha value is -3.96. The number of nitrogens with one attached hydrogen (secondary N) is 2. The number of hydrogen-bond donors (Lipinski definition) is 2. The highest BCUT2D eigenvalue weighted by Gasteiger charge is 2.20. The predicted octanol–water partition coefficient (Wildman–Crippen LogP) is 2.66. The van der Waals surface area contributed by atoms with Crippen molar-refractivity contribution in [2.24, 2.45) is 0 Å². The lowest BCUT2D eigenvalue weighted by Gasteiger charge is -2.12. The van der Waals surface area contributed by atoms with Crippen molar-refractivity contribution >= 4 is 50.6 Å². The van der Waals surface area contributed by atoms with Gasteiger partial charge in [-0.1, -0.05) is 29.8 Å². The van der Waals surface area contributed by atoms with Crippen LogP contribution >= 0.6 is 11.6 Å². The first-order valence-corrected chi connectivity index (χ1v) is 10.6. The summed E-state index contributed by atoms with van der Waals surface area (Å²) in [7, 11) is -4.15. The van der Waals surface area contributed by atoms with E-state index in [1.807, 2.05) is 0 Å². The average molecular weight is 475 g/mol. The van der Waals surface area contributed by atoms with Crippen molar-refractivity contribution in [3.8, 4) is 0 Å². The molecule has 0 radical (unpaired) electrons. The zero-order valence-electron chi connectivity index (χ0n) is 15.9. The molecule has 0 aliphatic carbocycles.